The Labute approximate surface area is 141 Å². The van der Waals surface area contributed by atoms with E-state index in [1.807, 2.05) is 30.3 Å². The predicted molar refractivity (Wildman–Crippen MR) is 95.2 cm³/mol. The van der Waals surface area contributed by atoms with Gasteiger partial charge in [-0.2, -0.15) is 0 Å². The molecule has 0 aliphatic heterocycles. The number of nitrogens with one attached hydrogen (secondary N) is 1. The lowest BCUT2D eigenvalue weighted by Crippen LogP contribution is -2.13. The van der Waals surface area contributed by atoms with Gasteiger partial charge < -0.3 is 5.32 Å². The molecule has 0 radical (unpaired) electrons. The molecule has 0 heterocycles. The second-order valence-electron chi connectivity index (χ2n) is 4.53. The minimum Gasteiger partial charge on any atom is -0.322 e. The Hall–Kier alpha value is -0.880. The highest BCUT2D eigenvalue weighted by atomic mass is 127. The molecule has 2 nitrogen and oxygen atoms in total. The van der Waals surface area contributed by atoms with Crippen LogP contribution in [0.1, 0.15) is 29.3 Å². The molecule has 20 heavy (non-hydrogen) atoms. The van der Waals surface area contributed by atoms with E-state index in [9.17, 15) is 4.79 Å². The van der Waals surface area contributed by atoms with Crippen LogP contribution in [0.4, 0.5) is 5.69 Å². The van der Waals surface area contributed by atoms with E-state index in [0.29, 0.717) is 5.56 Å². The second-order valence-corrected chi connectivity index (χ2v) is 6.60. The molecular formula is C16H15BrINO. The lowest BCUT2D eigenvalue weighted by Gasteiger charge is -2.08. The van der Waals surface area contributed by atoms with E-state index >= 15 is 0 Å². The van der Waals surface area contributed by atoms with Crippen molar-refractivity contribution in [1.82, 2.24) is 0 Å². The summed E-state index contributed by atoms with van der Waals surface area (Å²) in [7, 11) is 0. The third kappa shape index (κ3) is 4.06. The molecule has 2 aromatic rings. The highest BCUT2D eigenvalue weighted by Gasteiger charge is 2.10. The maximum atomic E-state index is 12.3. The highest BCUT2D eigenvalue weighted by molar-refractivity contribution is 14.1. The molecule has 2 aromatic carbocycles. The maximum Gasteiger partial charge on any atom is 0.256 e. The Morgan fingerprint density at radius 2 is 1.90 bits per heavy atom. The van der Waals surface area contributed by atoms with E-state index in [-0.39, 0.29) is 5.91 Å². The van der Waals surface area contributed by atoms with Crippen LogP contribution in [-0.2, 0) is 6.42 Å². The highest BCUT2D eigenvalue weighted by Crippen LogP contribution is 2.20. The van der Waals surface area contributed by atoms with Gasteiger partial charge >= 0.3 is 0 Å². The van der Waals surface area contributed by atoms with Gasteiger partial charge in [-0.05, 0) is 64.9 Å². The summed E-state index contributed by atoms with van der Waals surface area (Å²) in [5, 5.41) is 2.93. The summed E-state index contributed by atoms with van der Waals surface area (Å²) in [6.45, 7) is 2.16. The standard InChI is InChI=1S/C16H15BrINO/c1-2-3-11-4-7-13(8-5-11)19-16(20)14-10-12(17)6-9-15(14)18/h4-10H,2-3H2,1H3,(H,19,20). The summed E-state index contributed by atoms with van der Waals surface area (Å²) >= 11 is 5.56. The maximum absolute atomic E-state index is 12.3. The molecule has 0 bridgehead atoms. The van der Waals surface area contributed by atoms with Gasteiger partial charge in [0, 0.05) is 13.7 Å². The van der Waals surface area contributed by atoms with E-state index < -0.39 is 0 Å². The fourth-order valence-corrected chi connectivity index (χ4v) is 2.85. The van der Waals surface area contributed by atoms with Crippen molar-refractivity contribution in [3.63, 3.8) is 0 Å². The molecule has 0 aliphatic rings. The minimum atomic E-state index is -0.0843. The monoisotopic (exact) mass is 443 g/mol. The number of hydrogen-bond acceptors (Lipinski definition) is 1. The third-order valence-corrected chi connectivity index (χ3v) is 4.36. The van der Waals surface area contributed by atoms with Crippen LogP contribution >= 0.6 is 38.5 Å². The van der Waals surface area contributed by atoms with Crippen LogP contribution in [-0.4, -0.2) is 5.91 Å². The van der Waals surface area contributed by atoms with Crippen LogP contribution in [0.2, 0.25) is 0 Å². The first kappa shape index (κ1) is 15.5. The normalized spacial score (nSPS) is 10.3. The van der Waals surface area contributed by atoms with Crippen molar-refractivity contribution in [3.05, 3.63) is 61.6 Å². The molecule has 4 heteroatoms. The van der Waals surface area contributed by atoms with Gasteiger partial charge in [-0.1, -0.05) is 41.4 Å². The van der Waals surface area contributed by atoms with Crippen molar-refractivity contribution >= 4 is 50.1 Å². The Bertz CT molecular complexity index is 610. The van der Waals surface area contributed by atoms with Gasteiger partial charge in [0.05, 0.1) is 5.56 Å². The number of anilines is 1. The lowest BCUT2D eigenvalue weighted by atomic mass is 10.1. The van der Waals surface area contributed by atoms with Crippen LogP contribution < -0.4 is 5.32 Å². The molecule has 1 N–H and O–H groups in total. The summed E-state index contributed by atoms with van der Waals surface area (Å²) in [6, 6.07) is 13.7. The molecule has 0 saturated heterocycles. The number of hydrogen-bond donors (Lipinski definition) is 1. The summed E-state index contributed by atoms with van der Waals surface area (Å²) in [5.74, 6) is -0.0843. The van der Waals surface area contributed by atoms with Crippen molar-refractivity contribution < 1.29 is 4.79 Å². The zero-order valence-corrected chi connectivity index (χ0v) is 14.9. The molecule has 1 amide bonds. The number of halogens is 2. The number of amides is 1. The van der Waals surface area contributed by atoms with Crippen LogP contribution in [0.25, 0.3) is 0 Å². The summed E-state index contributed by atoms with van der Waals surface area (Å²) < 4.78 is 1.84. The molecule has 104 valence electrons. The van der Waals surface area contributed by atoms with Gasteiger partial charge in [-0.3, -0.25) is 4.79 Å². The van der Waals surface area contributed by atoms with E-state index in [1.54, 1.807) is 0 Å². The Morgan fingerprint density at radius 1 is 1.20 bits per heavy atom. The van der Waals surface area contributed by atoms with E-state index in [2.05, 4.69) is 62.9 Å². The van der Waals surface area contributed by atoms with Gasteiger partial charge in [0.25, 0.3) is 5.91 Å². The molecule has 0 saturated carbocycles. The third-order valence-electron chi connectivity index (χ3n) is 2.92. The number of rotatable bonds is 4. The van der Waals surface area contributed by atoms with Gasteiger partial charge in [0.1, 0.15) is 0 Å². The molecule has 0 spiro atoms. The van der Waals surface area contributed by atoms with E-state index in [0.717, 1.165) is 26.6 Å². The quantitative estimate of drug-likeness (QED) is 0.641. The van der Waals surface area contributed by atoms with Gasteiger partial charge in [0.15, 0.2) is 0 Å². The predicted octanol–water partition coefficient (Wildman–Crippen LogP) is 5.26. The second kappa shape index (κ2) is 7.22. The Balaban J connectivity index is 2.13. The first-order valence-corrected chi connectivity index (χ1v) is 8.32. The van der Waals surface area contributed by atoms with Crippen molar-refractivity contribution in [2.75, 3.05) is 5.32 Å². The van der Waals surface area contributed by atoms with Crippen molar-refractivity contribution in [2.45, 2.75) is 19.8 Å². The average molecular weight is 444 g/mol. The van der Waals surface area contributed by atoms with Crippen molar-refractivity contribution in [2.24, 2.45) is 0 Å². The molecule has 2 rings (SSSR count). The molecule has 0 aromatic heterocycles. The number of aryl methyl sites for hydroxylation is 1. The molecule has 0 fully saturated rings. The van der Waals surface area contributed by atoms with E-state index in [4.69, 9.17) is 0 Å². The van der Waals surface area contributed by atoms with Crippen LogP contribution in [0.5, 0.6) is 0 Å². The first-order chi connectivity index (χ1) is 9.60. The average Bonchev–Trinajstić information content (AvgIpc) is 2.44. The van der Waals surface area contributed by atoms with Crippen LogP contribution in [0.15, 0.2) is 46.9 Å². The topological polar surface area (TPSA) is 29.1 Å². The number of carbonyl (C=O) groups excluding carboxylic acids is 1. The van der Waals surface area contributed by atoms with E-state index in [1.165, 1.54) is 5.56 Å². The summed E-state index contributed by atoms with van der Waals surface area (Å²) in [4.78, 5) is 12.3. The van der Waals surface area contributed by atoms with Gasteiger partial charge in [-0.25, -0.2) is 0 Å². The van der Waals surface area contributed by atoms with Crippen molar-refractivity contribution in [3.8, 4) is 0 Å². The Kier molecular flexibility index (Phi) is 5.60. The summed E-state index contributed by atoms with van der Waals surface area (Å²) in [5.41, 5.74) is 2.80. The van der Waals surface area contributed by atoms with Gasteiger partial charge in [0.2, 0.25) is 0 Å². The first-order valence-electron chi connectivity index (χ1n) is 6.45. The fourth-order valence-electron chi connectivity index (χ4n) is 1.91. The van der Waals surface area contributed by atoms with Crippen LogP contribution in [0, 0.1) is 3.57 Å². The molecular weight excluding hydrogens is 429 g/mol. The number of benzene rings is 2. The zero-order chi connectivity index (χ0) is 14.5. The zero-order valence-electron chi connectivity index (χ0n) is 11.1. The van der Waals surface area contributed by atoms with Crippen molar-refractivity contribution in [1.29, 1.82) is 0 Å². The minimum absolute atomic E-state index is 0.0843. The van der Waals surface area contributed by atoms with Gasteiger partial charge in [-0.15, -0.1) is 0 Å². The largest absolute Gasteiger partial charge is 0.322 e. The summed E-state index contributed by atoms with van der Waals surface area (Å²) in [6.07, 6.45) is 2.19. The SMILES string of the molecule is CCCc1ccc(NC(=O)c2cc(Br)ccc2I)cc1. The fraction of sp³-hybridized carbons (Fsp3) is 0.188. The van der Waals surface area contributed by atoms with Crippen LogP contribution in [0.3, 0.4) is 0 Å². The molecule has 0 aliphatic carbocycles. The lowest BCUT2D eigenvalue weighted by molar-refractivity contribution is 0.102. The molecule has 0 atom stereocenters. The number of carbonyl (C=O) groups is 1. The molecule has 0 unspecified atom stereocenters. The Morgan fingerprint density at radius 3 is 2.55 bits per heavy atom. The smallest absolute Gasteiger partial charge is 0.256 e.